The van der Waals surface area contributed by atoms with Crippen LogP contribution in [0, 0.1) is 5.13 Å². The van der Waals surface area contributed by atoms with Gasteiger partial charge >= 0.3 is 0 Å². The molecule has 2 aromatic rings. The molecule has 1 aromatic carbocycles. The summed E-state index contributed by atoms with van der Waals surface area (Å²) in [7, 11) is -3.93. The molecule has 2 N–H and O–H groups in total. The number of anilines is 2. The number of halogens is 3. The lowest BCUT2D eigenvalue weighted by Crippen LogP contribution is -2.44. The number of hydrogen-bond donors (Lipinski definition) is 2. The first-order valence-corrected chi connectivity index (χ1v) is 11.5. The zero-order valence-electron chi connectivity index (χ0n) is 14.8. The number of thiazole rings is 1. The van der Waals surface area contributed by atoms with Gasteiger partial charge in [0, 0.05) is 18.6 Å². The number of alkyl halides is 1. The maximum Gasteiger partial charge on any atom is 0.263 e. The normalized spacial score (nSPS) is 25.0. The number of rotatable bonds is 6. The Hall–Kier alpha value is -1.49. The van der Waals surface area contributed by atoms with E-state index < -0.39 is 21.3 Å². The van der Waals surface area contributed by atoms with E-state index in [0.717, 1.165) is 25.6 Å². The van der Waals surface area contributed by atoms with E-state index in [0.29, 0.717) is 36.5 Å². The minimum Gasteiger partial charge on any atom is -0.382 e. The predicted octanol–water partition coefficient (Wildman–Crippen LogP) is 3.72. The number of sulfonamides is 1. The zero-order valence-corrected chi connectivity index (χ0v) is 17.2. The first kappa shape index (κ1) is 19.8. The van der Waals surface area contributed by atoms with Gasteiger partial charge in [-0.15, -0.1) is 0 Å². The second-order valence-electron chi connectivity index (χ2n) is 7.15. The Morgan fingerprint density at radius 3 is 2.96 bits per heavy atom. The Labute approximate surface area is 171 Å². The van der Waals surface area contributed by atoms with Crippen molar-refractivity contribution >= 4 is 43.8 Å². The summed E-state index contributed by atoms with van der Waals surface area (Å²) < 4.78 is 54.0. The molecule has 0 unspecified atom stereocenters. The monoisotopic (exact) mass is 448 g/mol. The van der Waals surface area contributed by atoms with Gasteiger partial charge in [0.1, 0.15) is 6.17 Å². The van der Waals surface area contributed by atoms with E-state index in [2.05, 4.69) is 19.9 Å². The summed E-state index contributed by atoms with van der Waals surface area (Å²) in [5.74, 6) is 0. The molecule has 28 heavy (non-hydrogen) atoms. The van der Waals surface area contributed by atoms with Crippen molar-refractivity contribution in [1.29, 1.82) is 0 Å². The van der Waals surface area contributed by atoms with Crippen LogP contribution in [0.3, 0.4) is 0 Å². The third-order valence-electron chi connectivity index (χ3n) is 5.32. The highest BCUT2D eigenvalue weighted by Crippen LogP contribution is 2.40. The van der Waals surface area contributed by atoms with Gasteiger partial charge in [-0.1, -0.05) is 22.9 Å². The van der Waals surface area contributed by atoms with Crippen molar-refractivity contribution < 1.29 is 17.2 Å². The van der Waals surface area contributed by atoms with Crippen LogP contribution in [0.1, 0.15) is 19.3 Å². The Balaban J connectivity index is 1.47. The molecule has 2 aliphatic heterocycles. The van der Waals surface area contributed by atoms with Crippen LogP contribution in [0.5, 0.6) is 0 Å². The van der Waals surface area contributed by atoms with E-state index in [4.69, 9.17) is 11.6 Å². The Bertz CT molecular complexity index is 987. The minimum absolute atomic E-state index is 0.0518. The van der Waals surface area contributed by atoms with Crippen molar-refractivity contribution in [2.45, 2.75) is 35.9 Å². The molecule has 2 atom stereocenters. The smallest absolute Gasteiger partial charge is 0.263 e. The van der Waals surface area contributed by atoms with Crippen molar-refractivity contribution in [2.24, 2.45) is 0 Å². The highest BCUT2D eigenvalue weighted by Gasteiger charge is 2.48. The number of nitrogens with zero attached hydrogens (tertiary/aromatic N) is 2. The molecular formula is C17H19ClF2N4O2S2. The van der Waals surface area contributed by atoms with Gasteiger partial charge in [-0.2, -0.15) is 4.39 Å². The standard InChI is InChI=1S/C17H19ClF2N4O2S2/c18-13-6-12(28(25,26)23-16-21-8-15(20)27-16)2-3-14(13)22-10-17-4-1-5-24(17)9-11(19)7-17/h2-3,6,8,11,22H,1,4-5,7,9-10H2,(H,21,23)/t11-,17-/m0/s1. The van der Waals surface area contributed by atoms with Gasteiger partial charge in [-0.25, -0.2) is 17.8 Å². The van der Waals surface area contributed by atoms with Crippen LogP contribution in [-0.2, 0) is 10.0 Å². The molecule has 0 bridgehead atoms. The van der Waals surface area contributed by atoms with Crippen LogP contribution in [0.4, 0.5) is 19.6 Å². The summed E-state index contributed by atoms with van der Waals surface area (Å²) in [5.41, 5.74) is 0.383. The average Bonchev–Trinajstić information content (AvgIpc) is 3.27. The summed E-state index contributed by atoms with van der Waals surface area (Å²) in [4.78, 5) is 5.79. The molecule has 0 radical (unpaired) electrons. The van der Waals surface area contributed by atoms with Crippen molar-refractivity contribution in [3.05, 3.63) is 34.5 Å². The molecule has 2 fully saturated rings. The molecule has 0 saturated carbocycles. The predicted molar refractivity (Wildman–Crippen MR) is 106 cm³/mol. The summed E-state index contributed by atoms with van der Waals surface area (Å²) >= 11 is 6.88. The van der Waals surface area contributed by atoms with Crippen LogP contribution in [0.25, 0.3) is 0 Å². The number of benzene rings is 1. The number of aromatic nitrogens is 1. The third-order valence-corrected chi connectivity index (χ3v) is 7.80. The van der Waals surface area contributed by atoms with Crippen molar-refractivity contribution in [3.8, 4) is 0 Å². The molecule has 3 heterocycles. The fourth-order valence-electron chi connectivity index (χ4n) is 4.04. The summed E-state index contributed by atoms with van der Waals surface area (Å²) in [6.07, 6.45) is 2.60. The molecule has 0 amide bonds. The summed E-state index contributed by atoms with van der Waals surface area (Å²) in [5, 5.41) is 2.85. The van der Waals surface area contributed by atoms with Gasteiger partial charge in [0.25, 0.3) is 10.0 Å². The van der Waals surface area contributed by atoms with Crippen molar-refractivity contribution in [1.82, 2.24) is 9.88 Å². The molecule has 152 valence electrons. The highest BCUT2D eigenvalue weighted by atomic mass is 35.5. The largest absolute Gasteiger partial charge is 0.382 e. The third kappa shape index (κ3) is 3.83. The molecule has 0 aliphatic carbocycles. The number of fused-ring (bicyclic) bond motifs is 1. The zero-order chi connectivity index (χ0) is 19.9. The van der Waals surface area contributed by atoms with Crippen molar-refractivity contribution in [2.75, 3.05) is 29.7 Å². The molecule has 2 saturated heterocycles. The quantitative estimate of drug-likeness (QED) is 0.704. The Morgan fingerprint density at radius 2 is 2.25 bits per heavy atom. The van der Waals surface area contributed by atoms with Crippen molar-refractivity contribution in [3.63, 3.8) is 0 Å². The fourth-order valence-corrected chi connectivity index (χ4v) is 6.16. The molecule has 4 rings (SSSR count). The van der Waals surface area contributed by atoms with Gasteiger partial charge in [0.2, 0.25) is 0 Å². The summed E-state index contributed by atoms with van der Waals surface area (Å²) in [6, 6.07) is 4.32. The van der Waals surface area contributed by atoms with Crippen LogP contribution in [0.2, 0.25) is 5.02 Å². The first-order chi connectivity index (χ1) is 13.3. The van der Waals surface area contributed by atoms with Gasteiger partial charge in [0.05, 0.1) is 21.8 Å². The summed E-state index contributed by atoms with van der Waals surface area (Å²) in [6.45, 7) is 1.92. The number of hydrogen-bond acceptors (Lipinski definition) is 6. The molecular weight excluding hydrogens is 430 g/mol. The lowest BCUT2D eigenvalue weighted by Gasteiger charge is -2.32. The number of nitrogens with one attached hydrogen (secondary N) is 2. The van der Waals surface area contributed by atoms with Crippen LogP contribution in [-0.4, -0.2) is 49.6 Å². The minimum atomic E-state index is -3.93. The van der Waals surface area contributed by atoms with E-state index in [1.165, 1.54) is 12.1 Å². The van der Waals surface area contributed by atoms with E-state index in [-0.39, 0.29) is 20.6 Å². The molecule has 2 aliphatic rings. The van der Waals surface area contributed by atoms with E-state index >= 15 is 0 Å². The molecule has 0 spiro atoms. The second-order valence-corrected chi connectivity index (χ2v) is 10.2. The maximum absolute atomic E-state index is 13.9. The molecule has 11 heteroatoms. The van der Waals surface area contributed by atoms with E-state index in [1.54, 1.807) is 6.07 Å². The van der Waals surface area contributed by atoms with E-state index in [1.807, 2.05) is 0 Å². The van der Waals surface area contributed by atoms with Crippen LogP contribution in [0.15, 0.2) is 29.3 Å². The maximum atomic E-state index is 13.9. The SMILES string of the molecule is O=S(=O)(Nc1ncc(F)s1)c1ccc(NC[C@@]23CCCN2C[C@@H](F)C3)c(Cl)c1. The molecule has 1 aromatic heterocycles. The lowest BCUT2D eigenvalue weighted by molar-refractivity contribution is 0.209. The van der Waals surface area contributed by atoms with Gasteiger partial charge in [-0.05, 0) is 44.0 Å². The van der Waals surface area contributed by atoms with Gasteiger partial charge in [-0.3, -0.25) is 9.62 Å². The second kappa shape index (κ2) is 7.40. The fraction of sp³-hybridized carbons (Fsp3) is 0.471. The first-order valence-electron chi connectivity index (χ1n) is 8.84. The Kier molecular flexibility index (Phi) is 5.24. The lowest BCUT2D eigenvalue weighted by atomic mass is 9.93. The van der Waals surface area contributed by atoms with Crippen LogP contribution < -0.4 is 10.0 Å². The highest BCUT2D eigenvalue weighted by molar-refractivity contribution is 7.93. The van der Waals surface area contributed by atoms with Gasteiger partial charge < -0.3 is 5.32 Å². The van der Waals surface area contributed by atoms with E-state index in [9.17, 15) is 17.2 Å². The molecule has 6 nitrogen and oxygen atoms in total. The average molecular weight is 449 g/mol. The topological polar surface area (TPSA) is 74.3 Å². The van der Waals surface area contributed by atoms with Gasteiger partial charge in [0.15, 0.2) is 10.3 Å². The Morgan fingerprint density at radius 1 is 1.43 bits per heavy atom. The van der Waals surface area contributed by atoms with Crippen LogP contribution >= 0.6 is 22.9 Å².